The second-order valence-corrected chi connectivity index (χ2v) is 4.78. The number of hydrogen-bond acceptors (Lipinski definition) is 2. The molecule has 1 N–H and O–H groups in total. The van der Waals surface area contributed by atoms with Crippen molar-refractivity contribution in [2.24, 2.45) is 0 Å². The van der Waals surface area contributed by atoms with Gasteiger partial charge in [0.05, 0.1) is 11.7 Å². The first-order valence-electron chi connectivity index (χ1n) is 6.85. The minimum absolute atomic E-state index is 0.392. The fourth-order valence-corrected chi connectivity index (χ4v) is 2.70. The Morgan fingerprint density at radius 1 is 1.18 bits per heavy atom. The molecular formula is C14H27N3. The molecule has 0 saturated heterocycles. The van der Waals surface area contributed by atoms with Gasteiger partial charge in [0.1, 0.15) is 0 Å². The summed E-state index contributed by atoms with van der Waals surface area (Å²) in [7, 11) is 0. The number of aryl methyl sites for hydroxylation is 1. The van der Waals surface area contributed by atoms with E-state index in [9.17, 15) is 0 Å². The van der Waals surface area contributed by atoms with Gasteiger partial charge in [0.25, 0.3) is 0 Å². The second-order valence-electron chi connectivity index (χ2n) is 4.78. The normalized spacial score (nSPS) is 13.4. The predicted molar refractivity (Wildman–Crippen MR) is 73.4 cm³/mol. The first kappa shape index (κ1) is 14.2. The highest BCUT2D eigenvalue weighted by atomic mass is 15.3. The zero-order valence-corrected chi connectivity index (χ0v) is 12.2. The van der Waals surface area contributed by atoms with Crippen LogP contribution < -0.4 is 5.32 Å². The minimum Gasteiger partial charge on any atom is -0.310 e. The molecule has 17 heavy (non-hydrogen) atoms. The molecule has 3 heteroatoms. The fourth-order valence-electron chi connectivity index (χ4n) is 2.70. The van der Waals surface area contributed by atoms with Crippen LogP contribution in [0.3, 0.4) is 0 Å². The fraction of sp³-hybridized carbons (Fsp3) is 0.786. The van der Waals surface area contributed by atoms with Gasteiger partial charge in [-0.05, 0) is 40.2 Å². The van der Waals surface area contributed by atoms with Gasteiger partial charge in [0, 0.05) is 17.3 Å². The van der Waals surface area contributed by atoms with Crippen molar-refractivity contribution in [3.8, 4) is 0 Å². The molecule has 1 aromatic heterocycles. The number of nitrogens with one attached hydrogen (secondary N) is 1. The van der Waals surface area contributed by atoms with Gasteiger partial charge in [-0.1, -0.05) is 20.8 Å². The quantitative estimate of drug-likeness (QED) is 0.820. The lowest BCUT2D eigenvalue weighted by molar-refractivity contribution is 0.417. The third-order valence-corrected chi connectivity index (χ3v) is 3.61. The smallest absolute Gasteiger partial charge is 0.0644 e. The SMILES string of the molecule is CCNC(C)c1c(C)nn(C(CC)CC)c1C. The van der Waals surface area contributed by atoms with E-state index >= 15 is 0 Å². The Bertz CT molecular complexity index is 351. The Morgan fingerprint density at radius 3 is 2.24 bits per heavy atom. The molecule has 1 rings (SSSR count). The van der Waals surface area contributed by atoms with Gasteiger partial charge in [-0.25, -0.2) is 0 Å². The summed E-state index contributed by atoms with van der Waals surface area (Å²) in [5, 5.41) is 8.21. The molecule has 0 saturated carbocycles. The molecule has 98 valence electrons. The van der Waals surface area contributed by atoms with Gasteiger partial charge < -0.3 is 5.32 Å². The standard InChI is InChI=1S/C14H27N3/c1-7-13(8-2)17-12(6)14(11(5)16-17)10(4)15-9-3/h10,13,15H,7-9H2,1-6H3. The lowest BCUT2D eigenvalue weighted by Crippen LogP contribution is -2.19. The number of nitrogens with zero attached hydrogens (tertiary/aromatic N) is 2. The van der Waals surface area contributed by atoms with Gasteiger partial charge in [0.15, 0.2) is 0 Å². The van der Waals surface area contributed by atoms with Crippen LogP contribution in [0, 0.1) is 13.8 Å². The lowest BCUT2D eigenvalue weighted by atomic mass is 10.1. The van der Waals surface area contributed by atoms with Crippen molar-refractivity contribution in [3.05, 3.63) is 17.0 Å². The average Bonchev–Trinajstić information content (AvgIpc) is 2.57. The average molecular weight is 237 g/mol. The van der Waals surface area contributed by atoms with Crippen molar-refractivity contribution in [3.63, 3.8) is 0 Å². The molecule has 1 heterocycles. The third-order valence-electron chi connectivity index (χ3n) is 3.61. The van der Waals surface area contributed by atoms with Crippen LogP contribution in [-0.2, 0) is 0 Å². The molecule has 1 unspecified atom stereocenters. The molecule has 3 nitrogen and oxygen atoms in total. The summed E-state index contributed by atoms with van der Waals surface area (Å²) in [6.45, 7) is 14.1. The molecule has 0 radical (unpaired) electrons. The Balaban J connectivity index is 3.08. The van der Waals surface area contributed by atoms with Gasteiger partial charge in [0.2, 0.25) is 0 Å². The highest BCUT2D eigenvalue weighted by molar-refractivity contribution is 5.28. The number of aromatic nitrogens is 2. The monoisotopic (exact) mass is 237 g/mol. The van der Waals surface area contributed by atoms with E-state index in [0.29, 0.717) is 12.1 Å². The van der Waals surface area contributed by atoms with E-state index in [4.69, 9.17) is 5.10 Å². The number of hydrogen-bond donors (Lipinski definition) is 1. The lowest BCUT2D eigenvalue weighted by Gasteiger charge is -2.17. The zero-order valence-electron chi connectivity index (χ0n) is 12.2. The topological polar surface area (TPSA) is 29.9 Å². The van der Waals surface area contributed by atoms with Crippen LogP contribution in [0.25, 0.3) is 0 Å². The van der Waals surface area contributed by atoms with E-state index in [1.807, 2.05) is 0 Å². The van der Waals surface area contributed by atoms with Crippen LogP contribution in [0.1, 0.15) is 69.6 Å². The van der Waals surface area contributed by atoms with Crippen molar-refractivity contribution >= 4 is 0 Å². The molecule has 0 aliphatic rings. The summed E-state index contributed by atoms with van der Waals surface area (Å²) < 4.78 is 2.22. The van der Waals surface area contributed by atoms with Crippen molar-refractivity contribution in [2.45, 2.75) is 66.5 Å². The van der Waals surface area contributed by atoms with E-state index in [1.54, 1.807) is 0 Å². The zero-order chi connectivity index (χ0) is 13.0. The van der Waals surface area contributed by atoms with Crippen LogP contribution in [-0.4, -0.2) is 16.3 Å². The second kappa shape index (κ2) is 6.20. The van der Waals surface area contributed by atoms with Crippen LogP contribution in [0.15, 0.2) is 0 Å². The third kappa shape index (κ3) is 2.89. The van der Waals surface area contributed by atoms with Crippen LogP contribution in [0.4, 0.5) is 0 Å². The molecule has 0 spiro atoms. The van der Waals surface area contributed by atoms with Crippen LogP contribution in [0.2, 0.25) is 0 Å². The molecular weight excluding hydrogens is 210 g/mol. The molecule has 1 atom stereocenters. The molecule has 1 aromatic rings. The molecule has 0 fully saturated rings. The van der Waals surface area contributed by atoms with Gasteiger partial charge in [-0.3, -0.25) is 4.68 Å². The van der Waals surface area contributed by atoms with E-state index < -0.39 is 0 Å². The van der Waals surface area contributed by atoms with Gasteiger partial charge >= 0.3 is 0 Å². The molecule has 0 aliphatic carbocycles. The van der Waals surface area contributed by atoms with Crippen molar-refractivity contribution < 1.29 is 0 Å². The maximum absolute atomic E-state index is 4.73. The predicted octanol–water partition coefficient (Wildman–Crippen LogP) is 3.53. The van der Waals surface area contributed by atoms with E-state index in [0.717, 1.165) is 19.4 Å². The van der Waals surface area contributed by atoms with E-state index in [1.165, 1.54) is 17.0 Å². The largest absolute Gasteiger partial charge is 0.310 e. The maximum atomic E-state index is 4.73. The van der Waals surface area contributed by atoms with Gasteiger partial charge in [-0.15, -0.1) is 0 Å². The summed E-state index contributed by atoms with van der Waals surface area (Å²) in [5.41, 5.74) is 3.87. The highest BCUT2D eigenvalue weighted by Gasteiger charge is 2.19. The Hall–Kier alpha value is -0.830. The summed E-state index contributed by atoms with van der Waals surface area (Å²) >= 11 is 0. The Morgan fingerprint density at radius 2 is 1.76 bits per heavy atom. The van der Waals surface area contributed by atoms with Crippen LogP contribution >= 0.6 is 0 Å². The first-order chi connectivity index (χ1) is 8.06. The summed E-state index contributed by atoms with van der Waals surface area (Å²) in [4.78, 5) is 0. The Kier molecular flexibility index (Phi) is 5.19. The maximum Gasteiger partial charge on any atom is 0.0644 e. The molecule has 0 aliphatic heterocycles. The summed E-state index contributed by atoms with van der Waals surface area (Å²) in [6, 6.07) is 0.930. The molecule has 0 aromatic carbocycles. The van der Waals surface area contributed by atoms with Crippen molar-refractivity contribution in [1.82, 2.24) is 15.1 Å². The van der Waals surface area contributed by atoms with E-state index in [2.05, 4.69) is 51.5 Å². The van der Waals surface area contributed by atoms with Crippen molar-refractivity contribution in [2.75, 3.05) is 6.54 Å². The van der Waals surface area contributed by atoms with Crippen molar-refractivity contribution in [1.29, 1.82) is 0 Å². The summed E-state index contributed by atoms with van der Waals surface area (Å²) in [6.07, 6.45) is 2.29. The highest BCUT2D eigenvalue weighted by Crippen LogP contribution is 2.26. The first-order valence-corrected chi connectivity index (χ1v) is 6.85. The molecule has 0 bridgehead atoms. The summed E-state index contributed by atoms with van der Waals surface area (Å²) in [5.74, 6) is 0. The molecule has 0 amide bonds. The van der Waals surface area contributed by atoms with Gasteiger partial charge in [-0.2, -0.15) is 5.10 Å². The van der Waals surface area contributed by atoms with E-state index in [-0.39, 0.29) is 0 Å². The Labute approximate surface area is 106 Å². The number of rotatable bonds is 6. The van der Waals surface area contributed by atoms with Crippen LogP contribution in [0.5, 0.6) is 0 Å². The minimum atomic E-state index is 0.392.